The summed E-state index contributed by atoms with van der Waals surface area (Å²) in [5.74, 6) is 0.664. The van der Waals surface area contributed by atoms with E-state index in [4.69, 9.17) is 46.4 Å². The Balaban J connectivity index is 1.65. The van der Waals surface area contributed by atoms with Crippen LogP contribution in [0.2, 0.25) is 20.1 Å². The number of anilines is 1. The number of pyridine rings is 1. The molecule has 13 heteroatoms. The van der Waals surface area contributed by atoms with Gasteiger partial charge in [-0.25, -0.2) is 9.78 Å². The molecule has 0 saturated carbocycles. The number of hydrogen-bond donors (Lipinski definition) is 1. The minimum Gasteiger partial charge on any atom is -0.308 e. The number of rotatable bonds is 3. The van der Waals surface area contributed by atoms with Crippen molar-refractivity contribution < 1.29 is 18.0 Å². The van der Waals surface area contributed by atoms with Crippen molar-refractivity contribution in [2.45, 2.75) is 11.6 Å². The summed E-state index contributed by atoms with van der Waals surface area (Å²) in [7, 11) is 0. The number of carbonyl (C=O) groups is 1. The zero-order valence-corrected chi connectivity index (χ0v) is 22.3. The molecule has 3 heterocycles. The van der Waals surface area contributed by atoms with Gasteiger partial charge in [-0.05, 0) is 42.5 Å². The number of carbonyl (C=O) groups excluding carboxylic acids is 1. The van der Waals surface area contributed by atoms with E-state index in [1.165, 1.54) is 16.2 Å². The van der Waals surface area contributed by atoms with E-state index in [1.54, 1.807) is 47.4 Å². The number of alkyl halides is 3. The van der Waals surface area contributed by atoms with Crippen LogP contribution in [0, 0.1) is 0 Å². The van der Waals surface area contributed by atoms with Crippen LogP contribution in [0.25, 0.3) is 16.9 Å². The predicted octanol–water partition coefficient (Wildman–Crippen LogP) is 8.91. The van der Waals surface area contributed by atoms with Crippen molar-refractivity contribution in [3.05, 3.63) is 86.1 Å². The number of hydrogen-bond acceptors (Lipinski definition) is 3. The SMILES string of the molecule is O=C(Nc1ccc(Cl)cc1)N1CCS[C@H]1c1nc(-c2c(Cl)cccc2Cl)n2cc(C(F)(F)F)cc(Cl)c12. The van der Waals surface area contributed by atoms with Crippen LogP contribution in [0.3, 0.4) is 0 Å². The van der Waals surface area contributed by atoms with Gasteiger partial charge in [0.05, 0.1) is 31.7 Å². The molecular weight excluding hydrogens is 591 g/mol. The monoisotopic (exact) mass is 604 g/mol. The fraction of sp³-hybridized carbons (Fsp3) is 0.167. The summed E-state index contributed by atoms with van der Waals surface area (Å²) in [5, 5.41) is 2.95. The van der Waals surface area contributed by atoms with E-state index in [0.717, 1.165) is 12.3 Å². The van der Waals surface area contributed by atoms with Gasteiger partial charge in [0.2, 0.25) is 0 Å². The molecule has 192 valence electrons. The lowest BCUT2D eigenvalue weighted by Crippen LogP contribution is -2.34. The van der Waals surface area contributed by atoms with E-state index >= 15 is 0 Å². The minimum atomic E-state index is -4.66. The molecule has 5 nitrogen and oxygen atoms in total. The van der Waals surface area contributed by atoms with Gasteiger partial charge in [0, 0.05) is 29.2 Å². The van der Waals surface area contributed by atoms with E-state index in [2.05, 4.69) is 10.3 Å². The maximum Gasteiger partial charge on any atom is 0.417 e. The molecule has 1 atom stereocenters. The Kier molecular flexibility index (Phi) is 7.19. The van der Waals surface area contributed by atoms with Gasteiger partial charge in [0.1, 0.15) is 16.9 Å². The van der Waals surface area contributed by atoms with Crippen LogP contribution in [0.15, 0.2) is 54.7 Å². The van der Waals surface area contributed by atoms with Crippen molar-refractivity contribution >= 4 is 75.4 Å². The Morgan fingerprint density at radius 2 is 1.70 bits per heavy atom. The van der Waals surface area contributed by atoms with Crippen LogP contribution in [0.1, 0.15) is 16.6 Å². The fourth-order valence-corrected chi connectivity index (χ4v) is 6.27. The lowest BCUT2D eigenvalue weighted by atomic mass is 10.2. The number of thioether (sulfide) groups is 1. The third-order valence-electron chi connectivity index (χ3n) is 5.71. The van der Waals surface area contributed by atoms with Crippen molar-refractivity contribution in [1.29, 1.82) is 0 Å². The Morgan fingerprint density at radius 3 is 2.35 bits per heavy atom. The van der Waals surface area contributed by atoms with Gasteiger partial charge in [0.25, 0.3) is 0 Å². The number of aromatic nitrogens is 2. The van der Waals surface area contributed by atoms with E-state index in [9.17, 15) is 18.0 Å². The standard InChI is InChI=1S/C24H15Cl4F3N4OS/c25-13-4-6-14(7-5-13)32-23(36)34-8-9-37-22(34)19-20-17(28)10-12(24(29,30)31)11-35(20)21(33-19)18-15(26)2-1-3-16(18)27/h1-7,10-11,22H,8-9H2,(H,32,36)/t22-/m0/s1. The third kappa shape index (κ3) is 5.07. The Morgan fingerprint density at radius 1 is 1.03 bits per heavy atom. The van der Waals surface area contributed by atoms with Gasteiger partial charge < -0.3 is 10.2 Å². The number of halogens is 7. The number of benzene rings is 2. The number of imidazole rings is 1. The summed E-state index contributed by atoms with van der Waals surface area (Å²) in [4.78, 5) is 19.4. The Hall–Kier alpha value is -2.30. The molecule has 1 N–H and O–H groups in total. The van der Waals surface area contributed by atoms with Crippen molar-refractivity contribution in [3.8, 4) is 11.4 Å². The molecule has 1 fully saturated rings. The second kappa shape index (κ2) is 10.1. The molecule has 1 aliphatic rings. The minimum absolute atomic E-state index is 0.0826. The van der Waals surface area contributed by atoms with Gasteiger partial charge in [-0.15, -0.1) is 11.8 Å². The topological polar surface area (TPSA) is 49.6 Å². The van der Waals surface area contributed by atoms with E-state index in [1.807, 2.05) is 0 Å². The number of amides is 2. The number of nitrogens with zero attached hydrogens (tertiary/aromatic N) is 3. The van der Waals surface area contributed by atoms with Crippen LogP contribution in [0.4, 0.5) is 23.7 Å². The normalized spacial score (nSPS) is 16.0. The van der Waals surface area contributed by atoms with E-state index in [0.29, 0.717) is 28.7 Å². The largest absolute Gasteiger partial charge is 0.417 e. The van der Waals surface area contributed by atoms with Crippen LogP contribution in [-0.2, 0) is 6.18 Å². The zero-order valence-electron chi connectivity index (χ0n) is 18.5. The Bertz CT molecular complexity index is 1490. The molecule has 2 aromatic heterocycles. The lowest BCUT2D eigenvalue weighted by molar-refractivity contribution is -0.137. The summed E-state index contributed by atoms with van der Waals surface area (Å²) in [6, 6.07) is 11.8. The fourth-order valence-electron chi connectivity index (χ4n) is 4.04. The molecule has 1 aliphatic heterocycles. The summed E-state index contributed by atoms with van der Waals surface area (Å²) >= 11 is 26.6. The first-order chi connectivity index (χ1) is 17.5. The molecule has 0 radical (unpaired) electrons. The van der Waals surface area contributed by atoms with E-state index in [-0.39, 0.29) is 32.0 Å². The second-order valence-corrected chi connectivity index (χ2v) is 10.9. The van der Waals surface area contributed by atoms with Gasteiger partial charge in [-0.3, -0.25) is 4.40 Å². The highest BCUT2D eigenvalue weighted by molar-refractivity contribution is 7.99. The van der Waals surface area contributed by atoms with Gasteiger partial charge >= 0.3 is 12.2 Å². The molecule has 0 bridgehead atoms. The highest BCUT2D eigenvalue weighted by Gasteiger charge is 2.37. The molecule has 2 aromatic carbocycles. The van der Waals surface area contributed by atoms with E-state index < -0.39 is 23.1 Å². The number of fused-ring (bicyclic) bond motifs is 1. The molecule has 2 amide bonds. The summed E-state index contributed by atoms with van der Waals surface area (Å²) in [6.45, 7) is 0.383. The summed E-state index contributed by atoms with van der Waals surface area (Å²) in [6.07, 6.45) is -3.75. The highest BCUT2D eigenvalue weighted by atomic mass is 35.5. The van der Waals surface area contributed by atoms with Crippen LogP contribution < -0.4 is 5.32 Å². The molecule has 0 spiro atoms. The molecule has 5 rings (SSSR count). The first-order valence-electron chi connectivity index (χ1n) is 10.7. The smallest absolute Gasteiger partial charge is 0.308 e. The van der Waals surface area contributed by atoms with Crippen molar-refractivity contribution in [2.75, 3.05) is 17.6 Å². The highest BCUT2D eigenvalue weighted by Crippen LogP contribution is 2.45. The Labute approximate surface area is 233 Å². The first-order valence-corrected chi connectivity index (χ1v) is 13.3. The van der Waals surface area contributed by atoms with Crippen molar-refractivity contribution in [3.63, 3.8) is 0 Å². The molecule has 0 unspecified atom stereocenters. The number of urea groups is 1. The average molecular weight is 606 g/mol. The maximum atomic E-state index is 13.7. The van der Waals surface area contributed by atoms with Crippen LogP contribution in [0.5, 0.6) is 0 Å². The van der Waals surface area contributed by atoms with Crippen LogP contribution >= 0.6 is 58.2 Å². The van der Waals surface area contributed by atoms with Gasteiger partial charge in [-0.1, -0.05) is 52.5 Å². The quantitative estimate of drug-likeness (QED) is 0.254. The molecule has 4 aromatic rings. The van der Waals surface area contributed by atoms with Crippen LogP contribution in [-0.4, -0.2) is 32.6 Å². The predicted molar refractivity (Wildman–Crippen MR) is 143 cm³/mol. The first kappa shape index (κ1) is 26.3. The number of nitrogens with one attached hydrogen (secondary N) is 1. The summed E-state index contributed by atoms with van der Waals surface area (Å²) < 4.78 is 42.3. The summed E-state index contributed by atoms with van der Waals surface area (Å²) in [5.41, 5.74) is 0.372. The molecule has 0 aliphatic carbocycles. The van der Waals surface area contributed by atoms with Gasteiger partial charge in [0.15, 0.2) is 0 Å². The third-order valence-corrected chi connectivity index (χ3v) is 8.09. The van der Waals surface area contributed by atoms with Crippen molar-refractivity contribution in [1.82, 2.24) is 14.3 Å². The van der Waals surface area contributed by atoms with Crippen molar-refractivity contribution in [2.24, 2.45) is 0 Å². The molecular formula is C24H15Cl4F3N4OS. The average Bonchev–Trinajstić information content (AvgIpc) is 3.45. The van der Waals surface area contributed by atoms with Gasteiger partial charge in [-0.2, -0.15) is 13.2 Å². The zero-order chi connectivity index (χ0) is 26.5. The molecule has 1 saturated heterocycles. The second-order valence-electron chi connectivity index (χ2n) is 8.06. The maximum absolute atomic E-state index is 13.7. The lowest BCUT2D eigenvalue weighted by Gasteiger charge is -2.23. The molecule has 37 heavy (non-hydrogen) atoms.